The molecule has 0 atom stereocenters. The lowest BCUT2D eigenvalue weighted by Crippen LogP contribution is -2.07. The Morgan fingerprint density at radius 1 is 1.09 bits per heavy atom. The minimum absolute atomic E-state index is 0.580. The first-order valence-electron chi connectivity index (χ1n) is 7.92. The maximum Gasteiger partial charge on any atom is 0.109 e. The minimum atomic E-state index is -2.18. The zero-order valence-electron chi connectivity index (χ0n) is 14.3. The summed E-state index contributed by atoms with van der Waals surface area (Å²) in [5.74, 6) is 0.580. The lowest BCUT2D eigenvalue weighted by atomic mass is 10.0. The topological polar surface area (TPSA) is 29.1 Å². The molecule has 0 bridgehead atoms. The number of anilines is 1. The summed E-state index contributed by atoms with van der Waals surface area (Å²) in [6, 6.07) is 14.0. The molecule has 0 spiro atoms. The third kappa shape index (κ3) is 5.41. The number of hydrogen-bond donors (Lipinski definition) is 1. The van der Waals surface area contributed by atoms with Crippen molar-refractivity contribution in [1.82, 2.24) is 0 Å². The van der Waals surface area contributed by atoms with E-state index >= 15 is 0 Å². The monoisotopic (exact) mass is 349 g/mol. The van der Waals surface area contributed by atoms with Crippen molar-refractivity contribution in [2.75, 3.05) is 18.6 Å². The molecule has 0 aromatic heterocycles. The number of rotatable bonds is 6. The largest absolute Gasteiger partial charge is 0.381 e. The van der Waals surface area contributed by atoms with Crippen LogP contribution in [0.4, 0.5) is 5.69 Å². The molecule has 0 aliphatic rings. The number of benzene rings is 2. The summed E-state index contributed by atoms with van der Waals surface area (Å²) >= 11 is 6.12. The summed E-state index contributed by atoms with van der Waals surface area (Å²) in [5.41, 5.74) is 3.55. The maximum absolute atomic E-state index is 12.1. The standard InChI is InChI=1S/C19H25ClNOP/c1-14(2)11-16-12-17(20)7-10-19(16)21-13-15-5-8-18(9-6-15)23(3,4)22/h5-10,12,14,21H,11,13H2,1-4H3. The molecule has 2 nitrogen and oxygen atoms in total. The van der Waals surface area contributed by atoms with Gasteiger partial charge in [-0.05, 0) is 55.0 Å². The van der Waals surface area contributed by atoms with Gasteiger partial charge in [0.05, 0.1) is 0 Å². The molecular weight excluding hydrogens is 325 g/mol. The van der Waals surface area contributed by atoms with Crippen LogP contribution in [-0.2, 0) is 17.5 Å². The van der Waals surface area contributed by atoms with Gasteiger partial charge in [0.15, 0.2) is 0 Å². The molecule has 1 N–H and O–H groups in total. The van der Waals surface area contributed by atoms with E-state index in [-0.39, 0.29) is 0 Å². The minimum Gasteiger partial charge on any atom is -0.381 e. The summed E-state index contributed by atoms with van der Waals surface area (Å²) in [6.45, 7) is 8.75. The van der Waals surface area contributed by atoms with Crippen LogP contribution >= 0.6 is 18.7 Å². The van der Waals surface area contributed by atoms with E-state index in [1.807, 2.05) is 42.5 Å². The van der Waals surface area contributed by atoms with Crippen molar-refractivity contribution < 1.29 is 4.57 Å². The molecule has 23 heavy (non-hydrogen) atoms. The molecule has 0 heterocycles. The first kappa shape index (κ1) is 18.1. The highest BCUT2D eigenvalue weighted by atomic mass is 35.5. The van der Waals surface area contributed by atoms with E-state index < -0.39 is 7.14 Å². The van der Waals surface area contributed by atoms with Gasteiger partial charge < -0.3 is 9.88 Å². The fourth-order valence-corrected chi connectivity index (χ4v) is 3.58. The fraction of sp³-hybridized carbons (Fsp3) is 0.368. The summed E-state index contributed by atoms with van der Waals surface area (Å²) < 4.78 is 12.1. The third-order valence-electron chi connectivity index (χ3n) is 3.74. The molecule has 4 heteroatoms. The predicted molar refractivity (Wildman–Crippen MR) is 103 cm³/mol. The van der Waals surface area contributed by atoms with E-state index in [0.29, 0.717) is 5.92 Å². The van der Waals surface area contributed by atoms with Crippen molar-refractivity contribution in [3.05, 3.63) is 58.6 Å². The average molecular weight is 350 g/mol. The molecule has 0 radical (unpaired) electrons. The van der Waals surface area contributed by atoms with E-state index in [9.17, 15) is 4.57 Å². The highest BCUT2D eigenvalue weighted by Crippen LogP contribution is 2.34. The van der Waals surface area contributed by atoms with E-state index in [1.54, 1.807) is 13.3 Å². The van der Waals surface area contributed by atoms with E-state index in [4.69, 9.17) is 11.6 Å². The van der Waals surface area contributed by atoms with Gasteiger partial charge in [-0.1, -0.05) is 49.7 Å². The number of nitrogens with one attached hydrogen (secondary N) is 1. The van der Waals surface area contributed by atoms with Gasteiger partial charge in [-0.25, -0.2) is 0 Å². The van der Waals surface area contributed by atoms with Gasteiger partial charge in [-0.3, -0.25) is 0 Å². The summed E-state index contributed by atoms with van der Waals surface area (Å²) in [4.78, 5) is 0. The first-order valence-corrected chi connectivity index (χ1v) is 10.9. The normalized spacial score (nSPS) is 11.7. The van der Waals surface area contributed by atoms with Gasteiger partial charge in [-0.15, -0.1) is 0 Å². The van der Waals surface area contributed by atoms with Crippen LogP contribution in [0, 0.1) is 5.92 Å². The Morgan fingerprint density at radius 2 is 1.74 bits per heavy atom. The summed E-state index contributed by atoms with van der Waals surface area (Å²) in [7, 11) is -2.18. The van der Waals surface area contributed by atoms with E-state index in [2.05, 4.69) is 19.2 Å². The molecule has 0 fully saturated rings. The van der Waals surface area contributed by atoms with Crippen LogP contribution in [0.15, 0.2) is 42.5 Å². The number of halogens is 1. The molecule has 0 saturated carbocycles. The van der Waals surface area contributed by atoms with E-state index in [1.165, 1.54) is 11.1 Å². The molecule has 0 aliphatic carbocycles. The second-order valence-corrected chi connectivity index (χ2v) is 10.4. The predicted octanol–water partition coefficient (Wildman–Crippen LogP) is 5.40. The Kier molecular flexibility index (Phi) is 5.95. The summed E-state index contributed by atoms with van der Waals surface area (Å²) in [6.07, 6.45) is 0.997. The van der Waals surface area contributed by atoms with Gasteiger partial charge in [0.25, 0.3) is 0 Å². The zero-order valence-corrected chi connectivity index (χ0v) is 15.9. The van der Waals surface area contributed by atoms with Crippen LogP contribution in [0.5, 0.6) is 0 Å². The Morgan fingerprint density at radius 3 is 2.30 bits per heavy atom. The Labute approximate surface area is 144 Å². The highest BCUT2D eigenvalue weighted by molar-refractivity contribution is 7.70. The van der Waals surface area contributed by atoms with Gasteiger partial charge in [0.1, 0.15) is 7.14 Å². The number of hydrogen-bond acceptors (Lipinski definition) is 2. The van der Waals surface area contributed by atoms with Crippen LogP contribution in [0.1, 0.15) is 25.0 Å². The van der Waals surface area contributed by atoms with Crippen LogP contribution in [-0.4, -0.2) is 13.3 Å². The second kappa shape index (κ2) is 7.55. The molecule has 0 saturated heterocycles. The molecule has 0 amide bonds. The van der Waals surface area contributed by atoms with Crippen molar-refractivity contribution in [2.24, 2.45) is 5.92 Å². The SMILES string of the molecule is CC(C)Cc1cc(Cl)ccc1NCc1ccc(P(C)(C)=O)cc1. The van der Waals surface area contributed by atoms with Crippen LogP contribution in [0.25, 0.3) is 0 Å². The summed E-state index contributed by atoms with van der Waals surface area (Å²) in [5, 5.41) is 5.19. The smallest absolute Gasteiger partial charge is 0.109 e. The molecule has 2 aromatic rings. The molecular formula is C19H25ClNOP. The van der Waals surface area contributed by atoms with Crippen molar-refractivity contribution in [2.45, 2.75) is 26.8 Å². The molecule has 124 valence electrons. The average Bonchev–Trinajstić information content (AvgIpc) is 2.45. The van der Waals surface area contributed by atoms with Crippen LogP contribution in [0.3, 0.4) is 0 Å². The maximum atomic E-state index is 12.1. The highest BCUT2D eigenvalue weighted by Gasteiger charge is 2.10. The molecule has 2 rings (SSSR count). The van der Waals surface area contributed by atoms with Crippen molar-refractivity contribution >= 4 is 29.7 Å². The molecule has 0 unspecified atom stereocenters. The second-order valence-electron chi connectivity index (χ2n) is 6.77. The molecule has 0 aliphatic heterocycles. The molecule has 2 aromatic carbocycles. The van der Waals surface area contributed by atoms with Gasteiger partial charge in [0, 0.05) is 22.6 Å². The van der Waals surface area contributed by atoms with Crippen LogP contribution in [0.2, 0.25) is 5.02 Å². The Balaban J connectivity index is 2.10. The van der Waals surface area contributed by atoms with Crippen molar-refractivity contribution in [1.29, 1.82) is 0 Å². The van der Waals surface area contributed by atoms with Crippen LogP contribution < -0.4 is 10.6 Å². The van der Waals surface area contributed by atoms with Crippen molar-refractivity contribution in [3.8, 4) is 0 Å². The van der Waals surface area contributed by atoms with Gasteiger partial charge in [0.2, 0.25) is 0 Å². The Bertz CT molecular complexity index is 704. The first-order chi connectivity index (χ1) is 10.8. The fourth-order valence-electron chi connectivity index (χ4n) is 2.51. The lowest BCUT2D eigenvalue weighted by molar-refractivity contribution is 0.588. The van der Waals surface area contributed by atoms with Gasteiger partial charge in [-0.2, -0.15) is 0 Å². The van der Waals surface area contributed by atoms with Crippen molar-refractivity contribution in [3.63, 3.8) is 0 Å². The zero-order chi connectivity index (χ0) is 17.0. The lowest BCUT2D eigenvalue weighted by Gasteiger charge is -2.15. The third-order valence-corrected chi connectivity index (χ3v) is 5.51. The Hall–Kier alpha value is -1.24. The van der Waals surface area contributed by atoms with Gasteiger partial charge >= 0.3 is 0 Å². The quantitative estimate of drug-likeness (QED) is 0.707. The van der Waals surface area contributed by atoms with E-state index in [0.717, 1.165) is 29.0 Å².